The van der Waals surface area contributed by atoms with E-state index in [1.54, 1.807) is 30.3 Å². The summed E-state index contributed by atoms with van der Waals surface area (Å²) in [5.74, 6) is -0.349. The highest BCUT2D eigenvalue weighted by Crippen LogP contribution is 2.36. The number of benzene rings is 1. The molecule has 1 aliphatic rings. The van der Waals surface area contributed by atoms with Crippen molar-refractivity contribution in [1.82, 2.24) is 4.90 Å². The van der Waals surface area contributed by atoms with E-state index < -0.39 is 17.9 Å². The van der Waals surface area contributed by atoms with E-state index in [0.29, 0.717) is 34.3 Å². The largest absolute Gasteiger partial charge is 0.480 e. The van der Waals surface area contributed by atoms with Crippen LogP contribution in [0.25, 0.3) is 17.4 Å². The van der Waals surface area contributed by atoms with E-state index in [4.69, 9.17) is 28.2 Å². The summed E-state index contributed by atoms with van der Waals surface area (Å²) in [5.41, 5.74) is 0.824. The number of furan rings is 1. The van der Waals surface area contributed by atoms with Crippen molar-refractivity contribution in [3.8, 4) is 11.3 Å². The summed E-state index contributed by atoms with van der Waals surface area (Å²) >= 11 is 12.4. The van der Waals surface area contributed by atoms with Gasteiger partial charge in [0.25, 0.3) is 5.91 Å². The third-order valence-corrected chi connectivity index (χ3v) is 5.83. The lowest BCUT2D eigenvalue weighted by atomic mass is 10.1. The zero-order chi connectivity index (χ0) is 20.3. The molecular formula is C20H18ClNO4S2. The highest BCUT2D eigenvalue weighted by Gasteiger charge is 2.40. The maximum Gasteiger partial charge on any atom is 0.326 e. The van der Waals surface area contributed by atoms with Crippen molar-refractivity contribution in [1.29, 1.82) is 0 Å². The van der Waals surface area contributed by atoms with Crippen LogP contribution >= 0.6 is 35.6 Å². The summed E-state index contributed by atoms with van der Waals surface area (Å²) in [6, 6.07) is 9.85. The maximum absolute atomic E-state index is 12.8. The molecule has 1 aromatic heterocycles. The SMILES string of the molecule is CCCCC(C(=O)O)N1C(=O)C(=Cc2ccc(-c3cccc(Cl)c3)o2)SC1=S. The van der Waals surface area contributed by atoms with Gasteiger partial charge in [-0.15, -0.1) is 0 Å². The normalized spacial score (nSPS) is 16.8. The number of carbonyl (C=O) groups is 2. The van der Waals surface area contributed by atoms with Crippen molar-refractivity contribution in [3.63, 3.8) is 0 Å². The number of rotatable bonds is 7. The molecule has 1 saturated heterocycles. The molecule has 0 saturated carbocycles. The Morgan fingerprint density at radius 2 is 2.18 bits per heavy atom. The van der Waals surface area contributed by atoms with E-state index in [0.717, 1.165) is 23.7 Å². The molecule has 0 bridgehead atoms. The van der Waals surface area contributed by atoms with Gasteiger partial charge in [0, 0.05) is 16.7 Å². The average molecular weight is 436 g/mol. The number of hydrogen-bond donors (Lipinski definition) is 1. The molecule has 28 heavy (non-hydrogen) atoms. The van der Waals surface area contributed by atoms with Gasteiger partial charge in [-0.25, -0.2) is 4.79 Å². The van der Waals surface area contributed by atoms with Gasteiger partial charge in [0.05, 0.1) is 4.91 Å². The molecule has 0 aliphatic carbocycles. The second-order valence-corrected chi connectivity index (χ2v) is 8.37. The van der Waals surface area contributed by atoms with Crippen LogP contribution in [0.4, 0.5) is 0 Å². The molecule has 1 N–H and O–H groups in total. The molecule has 8 heteroatoms. The Kier molecular flexibility index (Phi) is 6.59. The Morgan fingerprint density at radius 1 is 1.39 bits per heavy atom. The molecule has 1 aromatic carbocycles. The molecule has 2 heterocycles. The number of halogens is 1. The second kappa shape index (κ2) is 8.94. The van der Waals surface area contributed by atoms with Gasteiger partial charge in [0.15, 0.2) is 0 Å². The fraction of sp³-hybridized carbons (Fsp3) is 0.250. The van der Waals surface area contributed by atoms with Crippen molar-refractivity contribution >= 4 is 57.9 Å². The molecule has 0 radical (unpaired) electrons. The van der Waals surface area contributed by atoms with Crippen LogP contribution in [-0.2, 0) is 9.59 Å². The van der Waals surface area contributed by atoms with Crippen LogP contribution in [0.1, 0.15) is 31.9 Å². The van der Waals surface area contributed by atoms with E-state index in [1.807, 2.05) is 19.1 Å². The predicted molar refractivity (Wildman–Crippen MR) is 115 cm³/mol. The average Bonchev–Trinajstić information content (AvgIpc) is 3.22. The standard InChI is InChI=1S/C20H18ClNO4S2/c1-2-3-7-15(19(24)25)22-18(23)17(28-20(22)27)11-14-8-9-16(26-14)12-5-4-6-13(21)10-12/h4-6,8-11,15H,2-3,7H2,1H3,(H,24,25). The highest BCUT2D eigenvalue weighted by atomic mass is 35.5. The van der Waals surface area contributed by atoms with Gasteiger partial charge in [-0.1, -0.05) is 67.5 Å². The number of carboxylic acids is 1. The molecule has 1 unspecified atom stereocenters. The van der Waals surface area contributed by atoms with Crippen LogP contribution in [0.2, 0.25) is 5.02 Å². The maximum atomic E-state index is 12.8. The molecule has 5 nitrogen and oxygen atoms in total. The first-order chi connectivity index (χ1) is 13.4. The highest BCUT2D eigenvalue weighted by molar-refractivity contribution is 8.26. The molecule has 0 spiro atoms. The lowest BCUT2D eigenvalue weighted by Gasteiger charge is -2.22. The molecule has 1 atom stereocenters. The van der Waals surface area contributed by atoms with Gasteiger partial charge < -0.3 is 9.52 Å². The van der Waals surface area contributed by atoms with Crippen molar-refractivity contribution in [2.45, 2.75) is 32.2 Å². The first-order valence-electron chi connectivity index (χ1n) is 8.76. The van der Waals surface area contributed by atoms with Crippen LogP contribution in [-0.4, -0.2) is 32.2 Å². The Balaban J connectivity index is 1.83. The fourth-order valence-electron chi connectivity index (χ4n) is 2.87. The number of thioether (sulfide) groups is 1. The lowest BCUT2D eigenvalue weighted by Crippen LogP contribution is -2.43. The Labute approximate surface area is 177 Å². The number of nitrogens with zero attached hydrogens (tertiary/aromatic N) is 1. The Morgan fingerprint density at radius 3 is 2.86 bits per heavy atom. The van der Waals surface area contributed by atoms with Crippen molar-refractivity contribution < 1.29 is 19.1 Å². The number of thiocarbonyl (C=S) groups is 1. The first-order valence-corrected chi connectivity index (χ1v) is 10.4. The third-order valence-electron chi connectivity index (χ3n) is 4.26. The van der Waals surface area contributed by atoms with Crippen LogP contribution < -0.4 is 0 Å². The summed E-state index contributed by atoms with van der Waals surface area (Å²) in [6.07, 6.45) is 3.50. The molecule has 1 amide bonds. The van der Waals surface area contributed by atoms with Gasteiger partial charge in [0.1, 0.15) is 21.9 Å². The second-order valence-electron chi connectivity index (χ2n) is 6.26. The monoisotopic (exact) mass is 435 g/mol. The lowest BCUT2D eigenvalue weighted by molar-refractivity contribution is -0.145. The van der Waals surface area contributed by atoms with E-state index in [-0.39, 0.29) is 4.32 Å². The van der Waals surface area contributed by atoms with Crippen molar-refractivity contribution in [3.05, 3.63) is 52.1 Å². The fourth-order valence-corrected chi connectivity index (χ4v) is 4.39. The molecule has 3 rings (SSSR count). The molecular weight excluding hydrogens is 418 g/mol. The summed E-state index contributed by atoms with van der Waals surface area (Å²) in [6.45, 7) is 1.97. The van der Waals surface area contributed by atoms with Gasteiger partial charge in [0.2, 0.25) is 0 Å². The minimum atomic E-state index is -1.05. The quantitative estimate of drug-likeness (QED) is 0.461. The topological polar surface area (TPSA) is 70.8 Å². The van der Waals surface area contributed by atoms with Crippen molar-refractivity contribution in [2.24, 2.45) is 0 Å². The molecule has 1 fully saturated rings. The summed E-state index contributed by atoms with van der Waals surface area (Å²) in [5, 5.41) is 10.1. The number of amides is 1. The molecule has 146 valence electrons. The van der Waals surface area contributed by atoms with Gasteiger partial charge in [-0.2, -0.15) is 0 Å². The van der Waals surface area contributed by atoms with Crippen LogP contribution in [0.3, 0.4) is 0 Å². The summed E-state index contributed by atoms with van der Waals surface area (Å²) < 4.78 is 6.05. The predicted octanol–water partition coefficient (Wildman–Crippen LogP) is 5.44. The van der Waals surface area contributed by atoms with Crippen LogP contribution in [0.5, 0.6) is 0 Å². The smallest absolute Gasteiger partial charge is 0.326 e. The molecule has 2 aromatic rings. The Hall–Kier alpha value is -2.09. The van der Waals surface area contributed by atoms with Crippen LogP contribution in [0, 0.1) is 0 Å². The van der Waals surface area contributed by atoms with Gasteiger partial charge in [-0.05, 0) is 30.7 Å². The number of unbranched alkanes of at least 4 members (excludes halogenated alkanes) is 1. The zero-order valence-electron chi connectivity index (χ0n) is 15.1. The number of aliphatic carboxylic acids is 1. The van der Waals surface area contributed by atoms with Gasteiger partial charge >= 0.3 is 5.97 Å². The first kappa shape index (κ1) is 20.6. The van der Waals surface area contributed by atoms with Crippen LogP contribution in [0.15, 0.2) is 45.7 Å². The van der Waals surface area contributed by atoms with E-state index in [1.165, 1.54) is 4.90 Å². The molecule has 1 aliphatic heterocycles. The van der Waals surface area contributed by atoms with E-state index in [9.17, 15) is 14.7 Å². The Bertz CT molecular complexity index is 953. The number of carbonyl (C=O) groups excluding carboxylic acids is 1. The minimum absolute atomic E-state index is 0.251. The number of carboxylic acid groups (broad SMARTS) is 1. The van der Waals surface area contributed by atoms with E-state index >= 15 is 0 Å². The zero-order valence-corrected chi connectivity index (χ0v) is 17.4. The van der Waals surface area contributed by atoms with Gasteiger partial charge in [-0.3, -0.25) is 9.69 Å². The summed E-state index contributed by atoms with van der Waals surface area (Å²) in [7, 11) is 0. The minimum Gasteiger partial charge on any atom is -0.480 e. The van der Waals surface area contributed by atoms with Crippen molar-refractivity contribution in [2.75, 3.05) is 0 Å². The third kappa shape index (κ3) is 4.48. The van der Waals surface area contributed by atoms with E-state index in [2.05, 4.69) is 0 Å². The number of hydrogen-bond acceptors (Lipinski definition) is 5. The summed E-state index contributed by atoms with van der Waals surface area (Å²) in [4.78, 5) is 25.9.